The Hall–Kier alpha value is -1.51. The van der Waals surface area contributed by atoms with Gasteiger partial charge in [0.1, 0.15) is 5.82 Å². The number of piperidine rings is 2. The Bertz CT molecular complexity index is 792. The molecule has 168 valence electrons. The summed E-state index contributed by atoms with van der Waals surface area (Å²) in [6.45, 7) is 5.71. The highest BCUT2D eigenvalue weighted by Crippen LogP contribution is 2.24. The summed E-state index contributed by atoms with van der Waals surface area (Å²) in [5.41, 5.74) is 0. The van der Waals surface area contributed by atoms with Crippen LogP contribution in [0.3, 0.4) is 0 Å². The molecule has 1 aromatic carbocycles. The molecule has 0 aliphatic carbocycles. The largest absolute Gasteiger partial charge is 0.356 e. The van der Waals surface area contributed by atoms with E-state index in [-0.39, 0.29) is 16.7 Å². The molecule has 2 aliphatic heterocycles. The summed E-state index contributed by atoms with van der Waals surface area (Å²) in [5, 5.41) is 3.04. The van der Waals surface area contributed by atoms with Crippen LogP contribution in [0.4, 0.5) is 4.39 Å². The Kier molecular flexibility index (Phi) is 8.25. The molecule has 30 heavy (non-hydrogen) atoms. The number of likely N-dealkylation sites (tertiary alicyclic amines) is 1. The molecule has 0 bridgehead atoms. The number of sulfonamides is 1. The van der Waals surface area contributed by atoms with Crippen LogP contribution in [0.25, 0.3) is 0 Å². The number of rotatable bonds is 8. The molecule has 1 amide bonds. The Balaban J connectivity index is 1.40. The molecule has 1 N–H and O–H groups in total. The summed E-state index contributed by atoms with van der Waals surface area (Å²) in [7, 11) is -3.64. The van der Waals surface area contributed by atoms with Crippen molar-refractivity contribution in [3.05, 3.63) is 30.1 Å². The summed E-state index contributed by atoms with van der Waals surface area (Å²) in [5.74, 6) is -0.586. The molecule has 0 unspecified atom stereocenters. The van der Waals surface area contributed by atoms with E-state index in [0.717, 1.165) is 31.6 Å². The number of halogens is 1. The monoisotopic (exact) mass is 439 g/mol. The molecule has 8 heteroatoms. The molecule has 2 saturated heterocycles. The summed E-state index contributed by atoms with van der Waals surface area (Å²) in [4.78, 5) is 15.1. The summed E-state index contributed by atoms with van der Waals surface area (Å²) in [6.07, 6.45) is 7.02. The molecule has 2 aliphatic rings. The van der Waals surface area contributed by atoms with Crippen molar-refractivity contribution in [1.82, 2.24) is 14.5 Å². The average Bonchev–Trinajstić information content (AvgIpc) is 2.77. The van der Waals surface area contributed by atoms with E-state index in [1.54, 1.807) is 0 Å². The van der Waals surface area contributed by atoms with E-state index in [4.69, 9.17) is 0 Å². The minimum absolute atomic E-state index is 0.0273. The third kappa shape index (κ3) is 5.80. The topological polar surface area (TPSA) is 69.7 Å². The summed E-state index contributed by atoms with van der Waals surface area (Å²) in [6, 6.07) is 5.56. The first-order valence-electron chi connectivity index (χ1n) is 11.2. The maximum atomic E-state index is 13.1. The zero-order valence-electron chi connectivity index (χ0n) is 17.9. The van der Waals surface area contributed by atoms with Crippen LogP contribution in [0.15, 0.2) is 29.2 Å². The fraction of sp³-hybridized carbons (Fsp3) is 0.682. The number of nitrogens with zero attached hydrogens (tertiary/aromatic N) is 2. The van der Waals surface area contributed by atoms with Gasteiger partial charge in [0.25, 0.3) is 0 Å². The van der Waals surface area contributed by atoms with Gasteiger partial charge in [-0.15, -0.1) is 0 Å². The zero-order chi connectivity index (χ0) is 21.6. The van der Waals surface area contributed by atoms with Crippen molar-refractivity contribution in [2.45, 2.75) is 62.8 Å². The molecule has 1 atom stereocenters. The number of hydrogen-bond acceptors (Lipinski definition) is 4. The highest BCUT2D eigenvalue weighted by molar-refractivity contribution is 7.89. The molecule has 2 heterocycles. The van der Waals surface area contributed by atoms with Gasteiger partial charge < -0.3 is 10.2 Å². The Morgan fingerprint density at radius 1 is 1.10 bits per heavy atom. The molecular weight excluding hydrogens is 405 g/mol. The fourth-order valence-electron chi connectivity index (χ4n) is 4.57. The molecule has 3 rings (SSSR count). The molecule has 0 aromatic heterocycles. The maximum Gasteiger partial charge on any atom is 0.243 e. The first-order chi connectivity index (χ1) is 14.4. The number of amides is 1. The van der Waals surface area contributed by atoms with E-state index in [1.165, 1.54) is 42.1 Å². The number of benzene rings is 1. The molecule has 0 radical (unpaired) electrons. The van der Waals surface area contributed by atoms with Crippen LogP contribution in [-0.4, -0.2) is 62.3 Å². The van der Waals surface area contributed by atoms with Gasteiger partial charge in [-0.3, -0.25) is 4.79 Å². The van der Waals surface area contributed by atoms with Crippen molar-refractivity contribution in [3.63, 3.8) is 0 Å². The number of carbonyl (C=O) groups is 1. The fourth-order valence-corrected chi connectivity index (χ4v) is 6.04. The van der Waals surface area contributed by atoms with Crippen molar-refractivity contribution in [1.29, 1.82) is 0 Å². The lowest BCUT2D eigenvalue weighted by molar-refractivity contribution is -0.126. The van der Waals surface area contributed by atoms with Crippen molar-refractivity contribution in [3.8, 4) is 0 Å². The second-order valence-electron chi connectivity index (χ2n) is 8.37. The average molecular weight is 440 g/mol. The van der Waals surface area contributed by atoms with Gasteiger partial charge in [0, 0.05) is 38.1 Å². The number of nitrogens with one attached hydrogen (secondary N) is 1. The van der Waals surface area contributed by atoms with Gasteiger partial charge in [-0.1, -0.05) is 13.3 Å². The van der Waals surface area contributed by atoms with E-state index in [0.29, 0.717) is 38.5 Å². The summed E-state index contributed by atoms with van der Waals surface area (Å²) < 4.78 is 39.8. The Morgan fingerprint density at radius 2 is 1.80 bits per heavy atom. The van der Waals surface area contributed by atoms with E-state index in [1.807, 2.05) is 0 Å². The van der Waals surface area contributed by atoms with Crippen molar-refractivity contribution in [2.24, 2.45) is 5.92 Å². The van der Waals surface area contributed by atoms with Gasteiger partial charge in [0.2, 0.25) is 15.9 Å². The maximum absolute atomic E-state index is 13.1. The van der Waals surface area contributed by atoms with Crippen LogP contribution in [-0.2, 0) is 14.8 Å². The minimum Gasteiger partial charge on any atom is -0.356 e. The third-order valence-electron chi connectivity index (χ3n) is 6.42. The van der Waals surface area contributed by atoms with E-state index in [2.05, 4.69) is 17.1 Å². The molecule has 2 fully saturated rings. The van der Waals surface area contributed by atoms with Crippen molar-refractivity contribution < 1.29 is 17.6 Å². The molecule has 0 spiro atoms. The first kappa shape index (κ1) is 23.2. The third-order valence-corrected chi connectivity index (χ3v) is 8.33. The second kappa shape index (κ2) is 10.7. The lowest BCUT2D eigenvalue weighted by Gasteiger charge is -2.35. The van der Waals surface area contributed by atoms with Crippen LogP contribution in [0.1, 0.15) is 51.9 Å². The van der Waals surface area contributed by atoms with Gasteiger partial charge in [0.15, 0.2) is 0 Å². The molecule has 0 saturated carbocycles. The van der Waals surface area contributed by atoms with Gasteiger partial charge >= 0.3 is 0 Å². The van der Waals surface area contributed by atoms with Crippen molar-refractivity contribution in [2.75, 3.05) is 32.7 Å². The zero-order valence-corrected chi connectivity index (χ0v) is 18.7. The van der Waals surface area contributed by atoms with Crippen LogP contribution in [0.5, 0.6) is 0 Å². The smallest absolute Gasteiger partial charge is 0.243 e. The van der Waals surface area contributed by atoms with E-state index >= 15 is 0 Å². The van der Waals surface area contributed by atoms with Gasteiger partial charge in [-0.25, -0.2) is 12.8 Å². The normalized spacial score (nSPS) is 22.1. The minimum atomic E-state index is -3.64. The molecule has 1 aromatic rings. The number of hydrogen-bond donors (Lipinski definition) is 1. The first-order valence-corrected chi connectivity index (χ1v) is 12.6. The SMILES string of the molecule is CC[C@H]1CCCCN1CCCNC(=O)C1CCN(S(=O)(=O)c2ccc(F)cc2)CC1. The molecular formula is C22H34FN3O3S. The van der Waals surface area contributed by atoms with Crippen LogP contribution < -0.4 is 5.32 Å². The van der Waals surface area contributed by atoms with E-state index in [9.17, 15) is 17.6 Å². The highest BCUT2D eigenvalue weighted by atomic mass is 32.2. The predicted molar refractivity (Wildman–Crippen MR) is 115 cm³/mol. The highest BCUT2D eigenvalue weighted by Gasteiger charge is 2.32. The lowest BCUT2D eigenvalue weighted by Crippen LogP contribution is -2.44. The van der Waals surface area contributed by atoms with Gasteiger partial charge in [0.05, 0.1) is 4.90 Å². The number of carbonyl (C=O) groups excluding carboxylic acids is 1. The van der Waals surface area contributed by atoms with Crippen LogP contribution in [0, 0.1) is 11.7 Å². The second-order valence-corrected chi connectivity index (χ2v) is 10.3. The quantitative estimate of drug-likeness (QED) is 0.632. The van der Waals surface area contributed by atoms with Gasteiger partial charge in [-0.05, 0) is 69.3 Å². The Labute approximate surface area is 179 Å². The standard InChI is InChI=1S/C22H34FN3O3S/c1-2-20-6-3-4-14-25(20)15-5-13-24-22(27)18-11-16-26(17-12-18)30(28,29)21-9-7-19(23)8-10-21/h7-10,18,20H,2-6,11-17H2,1H3,(H,24,27)/t20-/m0/s1. The van der Waals surface area contributed by atoms with E-state index < -0.39 is 15.8 Å². The van der Waals surface area contributed by atoms with Crippen LogP contribution in [0.2, 0.25) is 0 Å². The summed E-state index contributed by atoms with van der Waals surface area (Å²) >= 11 is 0. The Morgan fingerprint density at radius 3 is 2.47 bits per heavy atom. The van der Waals surface area contributed by atoms with Crippen LogP contribution >= 0.6 is 0 Å². The predicted octanol–water partition coefficient (Wildman–Crippen LogP) is 3.00. The van der Waals surface area contributed by atoms with Gasteiger partial charge in [-0.2, -0.15) is 4.31 Å². The molecule has 6 nitrogen and oxygen atoms in total. The van der Waals surface area contributed by atoms with Crippen molar-refractivity contribution >= 4 is 15.9 Å². The lowest BCUT2D eigenvalue weighted by atomic mass is 9.97.